The second-order valence-electron chi connectivity index (χ2n) is 3.79. The van der Waals surface area contributed by atoms with Crippen LogP contribution in [-0.4, -0.2) is 0 Å². The Morgan fingerprint density at radius 3 is 2.11 bits per heavy atom. The maximum atomic E-state index is 8.21. The number of halogens is 1. The molecule has 0 spiro atoms. The van der Waals surface area contributed by atoms with Gasteiger partial charge in [-0.2, -0.15) is 0 Å². The summed E-state index contributed by atoms with van der Waals surface area (Å²) in [7, 11) is -1.99. The summed E-state index contributed by atoms with van der Waals surface area (Å²) in [5.41, 5.74) is 12.5. The number of hydrogen-bond acceptors (Lipinski definition) is 4. The highest BCUT2D eigenvalue weighted by atomic mass is 35.5. The van der Waals surface area contributed by atoms with Crippen LogP contribution in [0.2, 0.25) is 5.02 Å². The lowest BCUT2D eigenvalue weighted by Crippen LogP contribution is -2.00. The zero-order valence-electron chi connectivity index (χ0n) is 9.89. The highest BCUT2D eigenvalue weighted by Crippen LogP contribution is 2.25. The van der Waals surface area contributed by atoms with E-state index in [1.165, 1.54) is 0 Å². The summed E-state index contributed by atoms with van der Waals surface area (Å²) in [5.74, 6) is 0. The van der Waals surface area contributed by atoms with E-state index in [0.29, 0.717) is 21.3 Å². The number of nitrogens with one attached hydrogen (secondary N) is 2. The fraction of sp³-hybridized carbons (Fsp3) is 0. The fourth-order valence-electron chi connectivity index (χ4n) is 1.46. The monoisotopic (exact) mass is 312 g/mol. The van der Waals surface area contributed by atoms with Crippen LogP contribution in [0.3, 0.4) is 0 Å². The van der Waals surface area contributed by atoms with Gasteiger partial charge in [-0.25, -0.2) is 0 Å². The van der Waals surface area contributed by atoms with Crippen LogP contribution in [0.5, 0.6) is 0 Å². The van der Waals surface area contributed by atoms with Crippen molar-refractivity contribution in [3.63, 3.8) is 0 Å². The van der Waals surface area contributed by atoms with Gasteiger partial charge in [0.15, 0.2) is 0 Å². The molecule has 0 fully saturated rings. The van der Waals surface area contributed by atoms with Crippen molar-refractivity contribution in [2.45, 2.75) is 9.79 Å². The number of nitrogen functional groups attached to an aromatic ring is 2. The van der Waals surface area contributed by atoms with E-state index < -0.39 is 19.4 Å². The Hall–Kier alpha value is -1.37. The molecule has 2 aromatic carbocycles. The molecule has 6 N–H and O–H groups in total. The first-order chi connectivity index (χ1) is 8.99. The molecule has 0 aromatic heterocycles. The molecule has 4 nitrogen and oxygen atoms in total. The average Bonchev–Trinajstić information content (AvgIpc) is 2.40. The van der Waals surface area contributed by atoms with E-state index in [2.05, 4.69) is 0 Å². The van der Waals surface area contributed by atoms with Gasteiger partial charge in [-0.3, -0.25) is 9.56 Å². The molecular formula is C12H13ClN4S2. The van der Waals surface area contributed by atoms with Crippen molar-refractivity contribution in [3.8, 4) is 0 Å². The van der Waals surface area contributed by atoms with Gasteiger partial charge in [0, 0.05) is 34.9 Å². The van der Waals surface area contributed by atoms with Crippen LogP contribution >= 0.6 is 11.6 Å². The number of anilines is 2. The number of nitrogens with two attached hydrogens (primary N) is 2. The van der Waals surface area contributed by atoms with Crippen LogP contribution in [0.4, 0.5) is 11.4 Å². The standard InChI is InChI=1S/C12H13ClN4S2/c13-11-5-4-10(7-12(11)15)19(17)18(16)9-3-1-2-8(14)6-9/h1-7,16-17H,14-15H2. The number of rotatable bonds is 3. The molecule has 0 amide bonds. The van der Waals surface area contributed by atoms with Crippen molar-refractivity contribution in [2.75, 3.05) is 11.5 Å². The van der Waals surface area contributed by atoms with E-state index in [4.69, 9.17) is 32.6 Å². The molecule has 0 saturated carbocycles. The Kier molecular flexibility index (Phi) is 4.24. The van der Waals surface area contributed by atoms with Crippen molar-refractivity contribution >= 4 is 42.4 Å². The Balaban J connectivity index is 2.33. The van der Waals surface area contributed by atoms with E-state index in [-0.39, 0.29) is 0 Å². The summed E-state index contributed by atoms with van der Waals surface area (Å²) < 4.78 is 16.4. The fourth-order valence-corrected chi connectivity index (χ4v) is 4.61. The normalized spacial score (nSPS) is 13.9. The lowest BCUT2D eigenvalue weighted by atomic mass is 10.3. The van der Waals surface area contributed by atoms with Crippen LogP contribution in [-0.2, 0) is 19.4 Å². The van der Waals surface area contributed by atoms with Gasteiger partial charge in [0.1, 0.15) is 0 Å². The molecule has 0 aliphatic carbocycles. The molecule has 0 aliphatic rings. The molecule has 7 heteroatoms. The SMILES string of the molecule is N=S(c1cccc(N)c1)S(=N)c1ccc(Cl)c(N)c1. The van der Waals surface area contributed by atoms with Gasteiger partial charge in [-0.1, -0.05) is 17.7 Å². The zero-order valence-corrected chi connectivity index (χ0v) is 12.3. The quantitative estimate of drug-likeness (QED) is 0.514. The van der Waals surface area contributed by atoms with E-state index in [9.17, 15) is 0 Å². The highest BCUT2D eigenvalue weighted by molar-refractivity contribution is 8.61. The minimum Gasteiger partial charge on any atom is -0.399 e. The van der Waals surface area contributed by atoms with Crippen molar-refractivity contribution in [1.29, 1.82) is 9.56 Å². The van der Waals surface area contributed by atoms with Crippen molar-refractivity contribution in [2.24, 2.45) is 0 Å². The lowest BCUT2D eigenvalue weighted by Gasteiger charge is -2.10. The first-order valence-corrected chi connectivity index (χ1v) is 8.65. The molecule has 2 unspecified atom stereocenters. The van der Waals surface area contributed by atoms with Gasteiger partial charge in [0.25, 0.3) is 0 Å². The second kappa shape index (κ2) is 5.73. The second-order valence-corrected chi connectivity index (χ2v) is 8.22. The van der Waals surface area contributed by atoms with Crippen LogP contribution < -0.4 is 11.5 Å². The van der Waals surface area contributed by atoms with Gasteiger partial charge < -0.3 is 11.5 Å². The molecule has 100 valence electrons. The summed E-state index contributed by atoms with van der Waals surface area (Å²) in [5, 5.41) is 0.467. The lowest BCUT2D eigenvalue weighted by molar-refractivity contribution is 1.42. The summed E-state index contributed by atoms with van der Waals surface area (Å²) in [6.45, 7) is 0. The molecule has 2 aromatic rings. The third-order valence-electron chi connectivity index (χ3n) is 2.42. The molecule has 19 heavy (non-hydrogen) atoms. The smallest absolute Gasteiger partial charge is 0.0636 e. The van der Waals surface area contributed by atoms with Gasteiger partial charge in [-0.05, 0) is 36.4 Å². The molecule has 0 aliphatic heterocycles. The largest absolute Gasteiger partial charge is 0.399 e. The van der Waals surface area contributed by atoms with Gasteiger partial charge in [0.05, 0.1) is 10.7 Å². The predicted molar refractivity (Wildman–Crippen MR) is 83.4 cm³/mol. The van der Waals surface area contributed by atoms with Gasteiger partial charge in [0.2, 0.25) is 0 Å². The van der Waals surface area contributed by atoms with Crippen LogP contribution in [0.15, 0.2) is 52.3 Å². The Morgan fingerprint density at radius 2 is 1.53 bits per heavy atom. The van der Waals surface area contributed by atoms with Crippen LogP contribution in [0.1, 0.15) is 0 Å². The summed E-state index contributed by atoms with van der Waals surface area (Å²) in [6, 6.07) is 12.2. The molecule has 0 radical (unpaired) electrons. The Labute approximate surface area is 121 Å². The van der Waals surface area contributed by atoms with Gasteiger partial charge in [-0.15, -0.1) is 0 Å². The summed E-state index contributed by atoms with van der Waals surface area (Å²) >= 11 is 5.86. The molecule has 0 saturated heterocycles. The van der Waals surface area contributed by atoms with Crippen molar-refractivity contribution in [3.05, 3.63) is 47.5 Å². The van der Waals surface area contributed by atoms with Gasteiger partial charge >= 0.3 is 0 Å². The van der Waals surface area contributed by atoms with Crippen LogP contribution in [0, 0.1) is 9.56 Å². The zero-order chi connectivity index (χ0) is 14.0. The minimum absolute atomic E-state index is 0.438. The van der Waals surface area contributed by atoms with Crippen molar-refractivity contribution < 1.29 is 0 Å². The number of benzene rings is 2. The maximum Gasteiger partial charge on any atom is 0.0636 e. The number of hydrogen-bond donors (Lipinski definition) is 4. The van der Waals surface area contributed by atoms with Crippen LogP contribution in [0.25, 0.3) is 0 Å². The maximum absolute atomic E-state index is 8.21. The summed E-state index contributed by atoms with van der Waals surface area (Å²) in [6.07, 6.45) is 0. The topological polar surface area (TPSA) is 99.7 Å². The van der Waals surface area contributed by atoms with Crippen molar-refractivity contribution in [1.82, 2.24) is 0 Å². The third-order valence-corrected chi connectivity index (χ3v) is 6.62. The summed E-state index contributed by atoms with van der Waals surface area (Å²) in [4.78, 5) is 1.47. The highest BCUT2D eigenvalue weighted by Gasteiger charge is 2.09. The van der Waals surface area contributed by atoms with E-state index in [1.54, 1.807) is 36.4 Å². The third kappa shape index (κ3) is 3.15. The molecule has 2 rings (SSSR count). The Morgan fingerprint density at radius 1 is 0.895 bits per heavy atom. The average molecular weight is 313 g/mol. The molecule has 0 bridgehead atoms. The Bertz CT molecular complexity index is 673. The van der Waals surface area contributed by atoms with E-state index in [1.807, 2.05) is 6.07 Å². The minimum atomic E-state index is -1.01. The van der Waals surface area contributed by atoms with E-state index in [0.717, 1.165) is 4.90 Å². The first-order valence-electron chi connectivity index (χ1n) is 5.31. The molecule has 2 atom stereocenters. The first kappa shape index (κ1) is 14.0. The van der Waals surface area contributed by atoms with E-state index >= 15 is 0 Å². The molecular weight excluding hydrogens is 300 g/mol. The molecule has 0 heterocycles. The predicted octanol–water partition coefficient (Wildman–Crippen LogP) is 3.60.